The predicted molar refractivity (Wildman–Crippen MR) is 63.8 cm³/mol. The summed E-state index contributed by atoms with van der Waals surface area (Å²) in [6.45, 7) is 2.31. The number of ether oxygens (including phenoxy) is 1. The van der Waals surface area contributed by atoms with E-state index < -0.39 is 0 Å². The van der Waals surface area contributed by atoms with Gasteiger partial charge in [-0.2, -0.15) is 0 Å². The molecule has 2 rings (SSSR count). The van der Waals surface area contributed by atoms with Gasteiger partial charge in [0.1, 0.15) is 0 Å². The summed E-state index contributed by atoms with van der Waals surface area (Å²) in [4.78, 5) is 0. The van der Waals surface area contributed by atoms with Crippen LogP contribution < -0.4 is 0 Å². The Morgan fingerprint density at radius 2 is 2.07 bits per heavy atom. The number of allylic oxidation sites excluding steroid dienone is 3. The highest BCUT2D eigenvalue weighted by atomic mass is 16.5. The molecular formula is C14H22O. The number of hydrogen-bond donors (Lipinski definition) is 0. The van der Waals surface area contributed by atoms with E-state index in [1.165, 1.54) is 25.7 Å². The Hall–Kier alpha value is -0.560. The third kappa shape index (κ3) is 2.72. The molecule has 0 aliphatic heterocycles. The molecule has 0 radical (unpaired) electrons. The first-order valence-corrected chi connectivity index (χ1v) is 6.19. The van der Waals surface area contributed by atoms with Crippen molar-refractivity contribution >= 4 is 0 Å². The van der Waals surface area contributed by atoms with Gasteiger partial charge in [-0.15, -0.1) is 0 Å². The summed E-state index contributed by atoms with van der Waals surface area (Å²) in [5.74, 6) is 1.52. The maximum atomic E-state index is 5.38. The van der Waals surface area contributed by atoms with Gasteiger partial charge in [-0.1, -0.05) is 30.7 Å². The second-order valence-corrected chi connectivity index (χ2v) is 4.96. The van der Waals surface area contributed by atoms with Crippen molar-refractivity contribution in [3.63, 3.8) is 0 Å². The van der Waals surface area contributed by atoms with Gasteiger partial charge in [0.2, 0.25) is 0 Å². The van der Waals surface area contributed by atoms with Gasteiger partial charge in [-0.25, -0.2) is 0 Å². The smallest absolute Gasteiger partial charge is 0.0608 e. The minimum atomic E-state index is 0.472. The van der Waals surface area contributed by atoms with Crippen LogP contribution in [0.2, 0.25) is 0 Å². The molecule has 0 spiro atoms. The highest BCUT2D eigenvalue weighted by Gasteiger charge is 2.20. The second-order valence-electron chi connectivity index (χ2n) is 4.96. The summed E-state index contributed by atoms with van der Waals surface area (Å²) < 4.78 is 5.38. The average molecular weight is 206 g/mol. The highest BCUT2D eigenvalue weighted by Crippen LogP contribution is 2.33. The molecule has 1 heteroatoms. The fraction of sp³-hybridized carbons (Fsp3) is 0.714. The van der Waals surface area contributed by atoms with Gasteiger partial charge in [0.25, 0.3) is 0 Å². The minimum Gasteiger partial charge on any atom is -0.381 e. The summed E-state index contributed by atoms with van der Waals surface area (Å²) in [6.07, 6.45) is 14.0. The molecule has 0 aromatic rings. The van der Waals surface area contributed by atoms with Crippen LogP contribution in [0.15, 0.2) is 23.8 Å². The topological polar surface area (TPSA) is 9.23 Å². The van der Waals surface area contributed by atoms with Crippen molar-refractivity contribution < 1.29 is 4.74 Å². The van der Waals surface area contributed by atoms with Crippen molar-refractivity contribution in [2.75, 3.05) is 7.11 Å². The lowest BCUT2D eigenvalue weighted by Crippen LogP contribution is -2.17. The summed E-state index contributed by atoms with van der Waals surface area (Å²) >= 11 is 0. The second kappa shape index (κ2) is 4.98. The molecule has 2 aliphatic rings. The van der Waals surface area contributed by atoms with Crippen LogP contribution in [0, 0.1) is 11.8 Å². The molecule has 1 nitrogen and oxygen atoms in total. The van der Waals surface area contributed by atoms with Gasteiger partial charge in [-0.05, 0) is 43.9 Å². The SMILES string of the molecule is COC1CC=C(C2C=CC(C)CC2)CC1. The first-order chi connectivity index (χ1) is 7.29. The first kappa shape index (κ1) is 10.9. The van der Waals surface area contributed by atoms with E-state index in [2.05, 4.69) is 25.2 Å². The molecule has 0 fully saturated rings. The van der Waals surface area contributed by atoms with Crippen molar-refractivity contribution in [2.24, 2.45) is 11.8 Å². The van der Waals surface area contributed by atoms with E-state index in [-0.39, 0.29) is 0 Å². The number of rotatable bonds is 2. The van der Waals surface area contributed by atoms with Gasteiger partial charge in [-0.3, -0.25) is 0 Å². The molecular weight excluding hydrogens is 184 g/mol. The van der Waals surface area contributed by atoms with E-state index in [4.69, 9.17) is 4.74 Å². The standard InChI is InChI=1S/C14H22O/c1-11-3-5-12(6-4-11)13-7-9-14(15-2)10-8-13/h3,5,7,11-12,14H,4,6,8-10H2,1-2H3. The third-order valence-corrected chi connectivity index (χ3v) is 3.81. The fourth-order valence-corrected chi connectivity index (χ4v) is 2.65. The molecule has 0 amide bonds. The Morgan fingerprint density at radius 1 is 1.20 bits per heavy atom. The van der Waals surface area contributed by atoms with E-state index in [0.717, 1.165) is 18.3 Å². The Labute approximate surface area is 93.2 Å². The molecule has 15 heavy (non-hydrogen) atoms. The van der Waals surface area contributed by atoms with Gasteiger partial charge in [0, 0.05) is 7.11 Å². The van der Waals surface area contributed by atoms with Gasteiger partial charge in [0.05, 0.1) is 6.10 Å². The summed E-state index contributed by atoms with van der Waals surface area (Å²) in [5, 5.41) is 0. The van der Waals surface area contributed by atoms with Crippen molar-refractivity contribution in [3.8, 4) is 0 Å². The van der Waals surface area contributed by atoms with E-state index >= 15 is 0 Å². The maximum absolute atomic E-state index is 5.38. The zero-order valence-corrected chi connectivity index (χ0v) is 9.91. The Kier molecular flexibility index (Phi) is 3.63. The van der Waals surface area contributed by atoms with Gasteiger partial charge >= 0.3 is 0 Å². The molecule has 0 heterocycles. The number of methoxy groups -OCH3 is 1. The van der Waals surface area contributed by atoms with E-state index in [1.807, 2.05) is 7.11 Å². The Bertz CT molecular complexity index is 265. The fourth-order valence-electron chi connectivity index (χ4n) is 2.65. The molecule has 0 N–H and O–H groups in total. The number of hydrogen-bond acceptors (Lipinski definition) is 1. The lowest BCUT2D eigenvalue weighted by Gasteiger charge is -2.27. The van der Waals surface area contributed by atoms with Crippen LogP contribution in [0.3, 0.4) is 0 Å². The zero-order chi connectivity index (χ0) is 10.7. The monoisotopic (exact) mass is 206 g/mol. The van der Waals surface area contributed by atoms with Crippen LogP contribution in [0.5, 0.6) is 0 Å². The van der Waals surface area contributed by atoms with Crippen molar-refractivity contribution in [1.82, 2.24) is 0 Å². The molecule has 3 atom stereocenters. The zero-order valence-electron chi connectivity index (χ0n) is 9.91. The molecule has 2 aliphatic carbocycles. The van der Waals surface area contributed by atoms with Crippen molar-refractivity contribution in [1.29, 1.82) is 0 Å². The van der Waals surface area contributed by atoms with E-state index in [0.29, 0.717) is 6.10 Å². The summed E-state index contributed by atoms with van der Waals surface area (Å²) in [5.41, 5.74) is 1.66. The highest BCUT2D eigenvalue weighted by molar-refractivity contribution is 5.18. The van der Waals surface area contributed by atoms with Crippen LogP contribution in [0.1, 0.15) is 39.0 Å². The predicted octanol–water partition coefficient (Wildman–Crippen LogP) is 3.71. The Morgan fingerprint density at radius 3 is 2.60 bits per heavy atom. The third-order valence-electron chi connectivity index (χ3n) is 3.81. The van der Waals surface area contributed by atoms with Crippen LogP contribution in [0.25, 0.3) is 0 Å². The van der Waals surface area contributed by atoms with Crippen LogP contribution >= 0.6 is 0 Å². The summed E-state index contributed by atoms with van der Waals surface area (Å²) in [7, 11) is 1.83. The Balaban J connectivity index is 1.95. The average Bonchev–Trinajstić information content (AvgIpc) is 2.30. The van der Waals surface area contributed by atoms with E-state index in [9.17, 15) is 0 Å². The molecule has 3 unspecified atom stereocenters. The van der Waals surface area contributed by atoms with E-state index in [1.54, 1.807) is 5.57 Å². The summed E-state index contributed by atoms with van der Waals surface area (Å²) in [6, 6.07) is 0. The molecule has 0 aromatic heterocycles. The quantitative estimate of drug-likeness (QED) is 0.626. The molecule has 0 saturated heterocycles. The van der Waals surface area contributed by atoms with Crippen molar-refractivity contribution in [2.45, 2.75) is 45.1 Å². The minimum absolute atomic E-state index is 0.472. The molecule has 84 valence electrons. The van der Waals surface area contributed by atoms with Crippen LogP contribution in [-0.2, 0) is 4.74 Å². The molecule has 0 aromatic carbocycles. The maximum Gasteiger partial charge on any atom is 0.0608 e. The molecule has 0 bridgehead atoms. The largest absolute Gasteiger partial charge is 0.381 e. The van der Waals surface area contributed by atoms with Crippen LogP contribution in [-0.4, -0.2) is 13.2 Å². The van der Waals surface area contributed by atoms with Crippen LogP contribution in [0.4, 0.5) is 0 Å². The lowest BCUT2D eigenvalue weighted by molar-refractivity contribution is 0.0930. The van der Waals surface area contributed by atoms with Crippen molar-refractivity contribution in [3.05, 3.63) is 23.8 Å². The van der Waals surface area contributed by atoms with Gasteiger partial charge < -0.3 is 4.74 Å². The first-order valence-electron chi connectivity index (χ1n) is 6.19. The molecule has 0 saturated carbocycles. The normalized spacial score (nSPS) is 36.4. The lowest BCUT2D eigenvalue weighted by atomic mass is 9.80. The van der Waals surface area contributed by atoms with Gasteiger partial charge in [0.15, 0.2) is 0 Å².